The molecule has 0 radical (unpaired) electrons. The van der Waals surface area contributed by atoms with Crippen LogP contribution < -0.4 is 4.74 Å². The number of aryl methyl sites for hydroxylation is 1. The molecular weight excluding hydrogens is 226 g/mol. The van der Waals surface area contributed by atoms with Gasteiger partial charge in [-0.25, -0.2) is 0 Å². The second kappa shape index (κ2) is 5.19. The predicted octanol–water partition coefficient (Wildman–Crippen LogP) is 2.82. The Morgan fingerprint density at radius 1 is 1.39 bits per heavy atom. The molecule has 0 aliphatic carbocycles. The number of para-hydroxylation sites is 1. The van der Waals surface area contributed by atoms with Crippen molar-refractivity contribution in [3.05, 3.63) is 23.8 Å². The molecule has 18 heavy (non-hydrogen) atoms. The Hall–Kier alpha value is -1.22. The highest BCUT2D eigenvalue weighted by molar-refractivity contribution is 5.47. The maximum Gasteiger partial charge on any atom is 0.164 e. The van der Waals surface area contributed by atoms with Gasteiger partial charge in [0, 0.05) is 0 Å². The molecule has 1 heterocycles. The van der Waals surface area contributed by atoms with Gasteiger partial charge in [0.05, 0.1) is 0 Å². The fourth-order valence-corrected chi connectivity index (χ4v) is 2.53. The average Bonchev–Trinajstić information content (AvgIpc) is 2.30. The Morgan fingerprint density at radius 2 is 2.17 bits per heavy atom. The summed E-state index contributed by atoms with van der Waals surface area (Å²) in [6.07, 6.45) is 4.16. The lowest BCUT2D eigenvalue weighted by atomic mass is 9.88. The first kappa shape index (κ1) is 13.2. The lowest BCUT2D eigenvalue weighted by molar-refractivity contribution is 0.0491. The van der Waals surface area contributed by atoms with Gasteiger partial charge in [-0.15, -0.1) is 0 Å². The maximum absolute atomic E-state index is 9.87. The Bertz CT molecular complexity index is 417. The van der Waals surface area contributed by atoms with E-state index in [0.29, 0.717) is 5.75 Å². The van der Waals surface area contributed by atoms with E-state index in [1.54, 1.807) is 6.07 Å². The molecule has 0 fully saturated rings. The summed E-state index contributed by atoms with van der Waals surface area (Å²) in [6, 6.07) is 5.62. The van der Waals surface area contributed by atoms with Crippen LogP contribution in [0.1, 0.15) is 31.7 Å². The Morgan fingerprint density at radius 3 is 2.89 bits per heavy atom. The molecule has 1 N–H and O–H groups in total. The molecule has 0 bridgehead atoms. The van der Waals surface area contributed by atoms with Crippen molar-refractivity contribution < 1.29 is 9.84 Å². The first-order valence-corrected chi connectivity index (χ1v) is 6.65. The third-order valence-corrected chi connectivity index (χ3v) is 3.66. The minimum Gasteiger partial charge on any atom is -0.504 e. The minimum absolute atomic E-state index is 0.137. The van der Waals surface area contributed by atoms with Gasteiger partial charge >= 0.3 is 0 Å². The van der Waals surface area contributed by atoms with Crippen LogP contribution in [0.15, 0.2) is 18.2 Å². The average molecular weight is 249 g/mol. The fraction of sp³-hybridized carbons (Fsp3) is 0.600. The highest BCUT2D eigenvalue weighted by atomic mass is 16.5. The summed E-state index contributed by atoms with van der Waals surface area (Å²) in [5.74, 6) is 0.960. The van der Waals surface area contributed by atoms with Gasteiger partial charge in [0.15, 0.2) is 11.5 Å². The van der Waals surface area contributed by atoms with E-state index in [9.17, 15) is 5.11 Å². The highest BCUT2D eigenvalue weighted by Crippen LogP contribution is 2.40. The van der Waals surface area contributed by atoms with Crippen molar-refractivity contribution in [2.45, 2.75) is 38.2 Å². The van der Waals surface area contributed by atoms with Crippen molar-refractivity contribution in [1.82, 2.24) is 4.90 Å². The summed E-state index contributed by atoms with van der Waals surface area (Å²) >= 11 is 0. The van der Waals surface area contributed by atoms with E-state index in [1.807, 2.05) is 12.1 Å². The molecule has 0 saturated heterocycles. The van der Waals surface area contributed by atoms with Gasteiger partial charge in [0.1, 0.15) is 5.60 Å². The topological polar surface area (TPSA) is 32.7 Å². The van der Waals surface area contributed by atoms with Gasteiger partial charge in [-0.05, 0) is 64.9 Å². The van der Waals surface area contributed by atoms with E-state index in [0.717, 1.165) is 37.8 Å². The zero-order chi connectivity index (χ0) is 13.2. The van der Waals surface area contributed by atoms with Crippen LogP contribution in [0, 0.1) is 0 Å². The van der Waals surface area contributed by atoms with Gasteiger partial charge in [0.25, 0.3) is 0 Å². The van der Waals surface area contributed by atoms with Crippen molar-refractivity contribution in [3.63, 3.8) is 0 Å². The van der Waals surface area contributed by atoms with E-state index in [1.165, 1.54) is 0 Å². The van der Waals surface area contributed by atoms with Crippen molar-refractivity contribution in [3.8, 4) is 11.5 Å². The molecule has 1 aliphatic rings. The molecule has 1 atom stereocenters. The Kier molecular flexibility index (Phi) is 3.81. The lowest BCUT2D eigenvalue weighted by Gasteiger charge is -2.36. The molecule has 0 aromatic heterocycles. The van der Waals surface area contributed by atoms with E-state index >= 15 is 0 Å². The third kappa shape index (κ3) is 2.96. The smallest absolute Gasteiger partial charge is 0.164 e. The maximum atomic E-state index is 9.87. The number of rotatable bonds is 4. The van der Waals surface area contributed by atoms with E-state index < -0.39 is 0 Å². The monoisotopic (exact) mass is 249 g/mol. The summed E-state index contributed by atoms with van der Waals surface area (Å²) in [5.41, 5.74) is 0.988. The van der Waals surface area contributed by atoms with Crippen LogP contribution >= 0.6 is 0 Å². The molecule has 0 amide bonds. The van der Waals surface area contributed by atoms with Crippen molar-refractivity contribution >= 4 is 0 Å². The van der Waals surface area contributed by atoms with Crippen molar-refractivity contribution in [2.75, 3.05) is 20.6 Å². The molecule has 2 rings (SSSR count). The second-order valence-electron chi connectivity index (χ2n) is 5.72. The summed E-state index contributed by atoms with van der Waals surface area (Å²) in [5, 5.41) is 9.87. The standard InChI is InChI=1S/C15H23NO2/c1-15(9-5-11-16(2)3)10-8-12-6-4-7-13(17)14(12)18-15/h4,6-7,17H,5,8-11H2,1-3H3. The van der Waals surface area contributed by atoms with Crippen LogP contribution in [0.3, 0.4) is 0 Å². The zero-order valence-electron chi connectivity index (χ0n) is 11.6. The number of phenols is 1. The molecule has 100 valence electrons. The fourth-order valence-electron chi connectivity index (χ4n) is 2.53. The van der Waals surface area contributed by atoms with Crippen LogP contribution in [0.4, 0.5) is 0 Å². The van der Waals surface area contributed by atoms with Crippen molar-refractivity contribution in [2.24, 2.45) is 0 Å². The summed E-state index contributed by atoms with van der Waals surface area (Å²) in [6.45, 7) is 3.23. The van der Waals surface area contributed by atoms with E-state index in [4.69, 9.17) is 4.74 Å². The normalized spacial score (nSPS) is 22.7. The number of ether oxygens (including phenoxy) is 1. The number of nitrogens with zero attached hydrogens (tertiary/aromatic N) is 1. The van der Waals surface area contributed by atoms with Gasteiger partial charge in [0.2, 0.25) is 0 Å². The van der Waals surface area contributed by atoms with Gasteiger partial charge in [-0.2, -0.15) is 0 Å². The molecular formula is C15H23NO2. The van der Waals surface area contributed by atoms with Gasteiger partial charge in [-0.1, -0.05) is 12.1 Å². The summed E-state index contributed by atoms with van der Waals surface area (Å²) in [4.78, 5) is 2.19. The number of fused-ring (bicyclic) bond motifs is 1. The second-order valence-corrected chi connectivity index (χ2v) is 5.72. The third-order valence-electron chi connectivity index (χ3n) is 3.66. The van der Waals surface area contributed by atoms with Crippen LogP contribution in [0.5, 0.6) is 11.5 Å². The largest absolute Gasteiger partial charge is 0.504 e. The quantitative estimate of drug-likeness (QED) is 0.890. The molecule has 0 spiro atoms. The first-order chi connectivity index (χ1) is 8.50. The van der Waals surface area contributed by atoms with Crippen LogP contribution in [-0.4, -0.2) is 36.2 Å². The summed E-state index contributed by atoms with van der Waals surface area (Å²) < 4.78 is 6.06. The highest BCUT2D eigenvalue weighted by Gasteiger charge is 2.32. The van der Waals surface area contributed by atoms with Crippen LogP contribution in [0.25, 0.3) is 0 Å². The minimum atomic E-state index is -0.137. The Labute approximate surface area is 109 Å². The molecule has 1 aliphatic heterocycles. The molecule has 0 saturated carbocycles. The van der Waals surface area contributed by atoms with Crippen LogP contribution in [0.2, 0.25) is 0 Å². The lowest BCUT2D eigenvalue weighted by Crippen LogP contribution is -2.37. The zero-order valence-corrected chi connectivity index (χ0v) is 11.6. The van der Waals surface area contributed by atoms with E-state index in [2.05, 4.69) is 25.9 Å². The molecule has 3 heteroatoms. The number of aromatic hydroxyl groups is 1. The SMILES string of the molecule is CN(C)CCCC1(C)CCc2cccc(O)c2O1. The number of phenolic OH excluding ortho intramolecular Hbond substituents is 1. The Balaban J connectivity index is 2.03. The van der Waals surface area contributed by atoms with Crippen molar-refractivity contribution in [1.29, 1.82) is 0 Å². The number of hydrogen-bond acceptors (Lipinski definition) is 3. The molecule has 1 aromatic rings. The number of hydrogen-bond donors (Lipinski definition) is 1. The molecule has 3 nitrogen and oxygen atoms in total. The predicted molar refractivity (Wildman–Crippen MR) is 73.2 cm³/mol. The summed E-state index contributed by atoms with van der Waals surface area (Å²) in [7, 11) is 4.18. The first-order valence-electron chi connectivity index (χ1n) is 6.65. The molecule has 1 unspecified atom stereocenters. The molecule has 1 aromatic carbocycles. The van der Waals surface area contributed by atoms with E-state index in [-0.39, 0.29) is 11.4 Å². The van der Waals surface area contributed by atoms with Gasteiger partial charge in [-0.3, -0.25) is 0 Å². The van der Waals surface area contributed by atoms with Crippen LogP contribution in [-0.2, 0) is 6.42 Å². The van der Waals surface area contributed by atoms with Gasteiger partial charge < -0.3 is 14.7 Å². The number of benzene rings is 1.